The maximum absolute atomic E-state index is 12.4. The third kappa shape index (κ3) is 4.34. The van der Waals surface area contributed by atoms with E-state index in [0.717, 1.165) is 0 Å². The Hall–Kier alpha value is -2.84. The number of aromatic nitrogens is 2. The molecule has 2 aromatic rings. The molecule has 0 aliphatic carbocycles. The van der Waals surface area contributed by atoms with Crippen molar-refractivity contribution in [3.63, 3.8) is 0 Å². The van der Waals surface area contributed by atoms with Crippen molar-refractivity contribution in [3.8, 4) is 5.69 Å². The van der Waals surface area contributed by atoms with Crippen LogP contribution in [0.25, 0.3) is 5.69 Å². The molecule has 0 unspecified atom stereocenters. The number of carbonyl (C=O) groups excluding carboxylic acids is 1. The molecule has 6 nitrogen and oxygen atoms in total. The molecular formula is C15H14F3N3O3. The summed E-state index contributed by atoms with van der Waals surface area (Å²) in [6.07, 6.45) is -5.02. The lowest BCUT2D eigenvalue weighted by Gasteiger charge is -2.15. The van der Waals surface area contributed by atoms with Gasteiger partial charge < -0.3 is 10.4 Å². The maximum Gasteiger partial charge on any atom is 0.391 e. The summed E-state index contributed by atoms with van der Waals surface area (Å²) in [4.78, 5) is 23.0. The van der Waals surface area contributed by atoms with Gasteiger partial charge in [-0.15, -0.1) is 0 Å². The fraction of sp³-hybridized carbons (Fsp3) is 0.267. The molecule has 1 amide bonds. The van der Waals surface area contributed by atoms with Gasteiger partial charge in [0.15, 0.2) is 0 Å². The van der Waals surface area contributed by atoms with Crippen molar-refractivity contribution < 1.29 is 27.9 Å². The minimum atomic E-state index is -4.71. The first-order chi connectivity index (χ1) is 11.2. The smallest absolute Gasteiger partial charge is 0.391 e. The number of aryl methyl sites for hydroxylation is 1. The number of alkyl halides is 3. The van der Waals surface area contributed by atoms with E-state index >= 15 is 0 Å². The summed E-state index contributed by atoms with van der Waals surface area (Å²) < 4.78 is 38.6. The topological polar surface area (TPSA) is 84.2 Å². The molecule has 1 aromatic heterocycles. The number of carboxylic acids is 1. The fourth-order valence-electron chi connectivity index (χ4n) is 2.06. The second kappa shape index (κ2) is 6.73. The summed E-state index contributed by atoms with van der Waals surface area (Å²) in [6.45, 7) is 1.51. The molecule has 1 aromatic carbocycles. The summed E-state index contributed by atoms with van der Waals surface area (Å²) >= 11 is 0. The van der Waals surface area contributed by atoms with Crippen molar-refractivity contribution in [3.05, 3.63) is 47.8 Å². The molecule has 0 spiro atoms. The van der Waals surface area contributed by atoms with Gasteiger partial charge in [-0.3, -0.25) is 4.79 Å². The first-order valence-corrected chi connectivity index (χ1v) is 6.89. The van der Waals surface area contributed by atoms with E-state index in [-0.39, 0.29) is 11.3 Å². The summed E-state index contributed by atoms with van der Waals surface area (Å²) in [5.74, 6) is -2.68. The van der Waals surface area contributed by atoms with Gasteiger partial charge in [-0.05, 0) is 19.1 Å². The van der Waals surface area contributed by atoms with Crippen LogP contribution in [0.3, 0.4) is 0 Å². The number of hydrogen-bond acceptors (Lipinski definition) is 3. The zero-order valence-corrected chi connectivity index (χ0v) is 12.5. The molecule has 1 heterocycles. The molecule has 0 aliphatic rings. The molecule has 0 saturated heterocycles. The SMILES string of the molecule is Cc1nn(-c2ccccc2)cc1C(=O)N[C@H](CC(F)(F)F)C(=O)O. The normalized spacial score (nSPS) is 12.7. The van der Waals surface area contributed by atoms with E-state index in [2.05, 4.69) is 5.10 Å². The molecule has 0 bridgehead atoms. The number of benzene rings is 1. The minimum absolute atomic E-state index is 0.00674. The van der Waals surface area contributed by atoms with Crippen molar-refractivity contribution in [1.29, 1.82) is 0 Å². The van der Waals surface area contributed by atoms with Crippen molar-refractivity contribution in [2.45, 2.75) is 25.6 Å². The van der Waals surface area contributed by atoms with Crippen LogP contribution in [0.4, 0.5) is 13.2 Å². The monoisotopic (exact) mass is 341 g/mol. The molecule has 0 aliphatic heterocycles. The highest BCUT2D eigenvalue weighted by Gasteiger charge is 2.36. The van der Waals surface area contributed by atoms with E-state index in [1.54, 1.807) is 30.3 Å². The van der Waals surface area contributed by atoms with E-state index < -0.39 is 30.5 Å². The molecule has 0 saturated carbocycles. The van der Waals surface area contributed by atoms with E-state index in [4.69, 9.17) is 5.11 Å². The zero-order chi connectivity index (χ0) is 17.9. The molecule has 2 N–H and O–H groups in total. The van der Waals surface area contributed by atoms with E-state index in [9.17, 15) is 22.8 Å². The second-order valence-corrected chi connectivity index (χ2v) is 5.09. The summed E-state index contributed by atoms with van der Waals surface area (Å²) in [5.41, 5.74) is 0.935. The first-order valence-electron chi connectivity index (χ1n) is 6.89. The van der Waals surface area contributed by atoms with Crippen LogP contribution in [0, 0.1) is 6.92 Å². The van der Waals surface area contributed by atoms with Crippen molar-refractivity contribution in [1.82, 2.24) is 15.1 Å². The number of rotatable bonds is 5. The van der Waals surface area contributed by atoms with E-state index in [0.29, 0.717) is 5.69 Å². The molecule has 128 valence electrons. The van der Waals surface area contributed by atoms with Gasteiger partial charge in [0.05, 0.1) is 23.4 Å². The molecular weight excluding hydrogens is 327 g/mol. The summed E-state index contributed by atoms with van der Waals surface area (Å²) in [5, 5.41) is 14.8. The average Bonchev–Trinajstić information content (AvgIpc) is 2.88. The quantitative estimate of drug-likeness (QED) is 0.874. The molecule has 2 rings (SSSR count). The average molecular weight is 341 g/mol. The minimum Gasteiger partial charge on any atom is -0.480 e. The highest BCUT2D eigenvalue weighted by molar-refractivity contribution is 5.97. The fourth-order valence-corrected chi connectivity index (χ4v) is 2.06. The Balaban J connectivity index is 2.20. The number of nitrogens with one attached hydrogen (secondary N) is 1. The van der Waals surface area contributed by atoms with Crippen molar-refractivity contribution >= 4 is 11.9 Å². The second-order valence-electron chi connectivity index (χ2n) is 5.09. The Morgan fingerprint density at radius 1 is 1.29 bits per heavy atom. The van der Waals surface area contributed by atoms with Crippen LogP contribution in [0.15, 0.2) is 36.5 Å². The Morgan fingerprint density at radius 2 is 1.92 bits per heavy atom. The number of amides is 1. The summed E-state index contributed by atoms with van der Waals surface area (Å²) in [6, 6.07) is 6.72. The van der Waals surface area contributed by atoms with Gasteiger partial charge in [0, 0.05) is 6.20 Å². The molecule has 0 fully saturated rings. The lowest BCUT2D eigenvalue weighted by molar-refractivity contribution is -0.157. The van der Waals surface area contributed by atoms with Crippen LogP contribution >= 0.6 is 0 Å². The molecule has 24 heavy (non-hydrogen) atoms. The number of carbonyl (C=O) groups is 2. The molecule has 9 heteroatoms. The third-order valence-electron chi connectivity index (χ3n) is 3.20. The van der Waals surface area contributed by atoms with Gasteiger partial charge in [-0.1, -0.05) is 18.2 Å². The van der Waals surface area contributed by atoms with Gasteiger partial charge in [0.1, 0.15) is 6.04 Å². The van der Waals surface area contributed by atoms with Crippen molar-refractivity contribution in [2.75, 3.05) is 0 Å². The lowest BCUT2D eigenvalue weighted by atomic mass is 10.1. The van der Waals surface area contributed by atoms with Crippen LogP contribution in [-0.4, -0.2) is 39.0 Å². The van der Waals surface area contributed by atoms with Gasteiger partial charge in [-0.25, -0.2) is 9.48 Å². The number of aliphatic carboxylic acids is 1. The van der Waals surface area contributed by atoms with E-state index in [1.165, 1.54) is 17.8 Å². The standard InChI is InChI=1S/C15H14F3N3O3/c1-9-11(8-21(20-9)10-5-3-2-4-6-10)13(22)19-12(14(23)24)7-15(16,17)18/h2-6,8,12H,7H2,1H3,(H,19,22)(H,23,24)/t12-/m1/s1. The van der Waals surface area contributed by atoms with Gasteiger partial charge in [-0.2, -0.15) is 18.3 Å². The Morgan fingerprint density at radius 3 is 2.46 bits per heavy atom. The van der Waals surface area contributed by atoms with E-state index in [1.807, 2.05) is 5.32 Å². The Kier molecular flexibility index (Phi) is 4.91. The highest BCUT2D eigenvalue weighted by Crippen LogP contribution is 2.22. The predicted molar refractivity (Wildman–Crippen MR) is 77.9 cm³/mol. The number of halogens is 3. The Labute approximate surface area is 134 Å². The van der Waals surface area contributed by atoms with Gasteiger partial charge in [0.25, 0.3) is 5.91 Å². The van der Waals surface area contributed by atoms with Crippen LogP contribution in [0.2, 0.25) is 0 Å². The third-order valence-corrected chi connectivity index (χ3v) is 3.20. The number of hydrogen-bond donors (Lipinski definition) is 2. The van der Waals surface area contributed by atoms with Gasteiger partial charge in [0.2, 0.25) is 0 Å². The predicted octanol–water partition coefficient (Wildman–Crippen LogP) is 2.32. The van der Waals surface area contributed by atoms with Crippen LogP contribution in [0.1, 0.15) is 22.5 Å². The lowest BCUT2D eigenvalue weighted by Crippen LogP contribution is -2.43. The molecule has 0 radical (unpaired) electrons. The van der Waals surface area contributed by atoms with Crippen LogP contribution < -0.4 is 5.32 Å². The Bertz CT molecular complexity index is 741. The highest BCUT2D eigenvalue weighted by atomic mass is 19.4. The summed E-state index contributed by atoms with van der Waals surface area (Å²) in [7, 11) is 0. The van der Waals surface area contributed by atoms with Crippen LogP contribution in [0.5, 0.6) is 0 Å². The molecule has 1 atom stereocenters. The first kappa shape index (κ1) is 17.5. The number of para-hydroxylation sites is 1. The zero-order valence-electron chi connectivity index (χ0n) is 12.5. The number of carboxylic acid groups (broad SMARTS) is 1. The number of nitrogens with zero attached hydrogens (tertiary/aromatic N) is 2. The van der Waals surface area contributed by atoms with Crippen LogP contribution in [-0.2, 0) is 4.79 Å². The maximum atomic E-state index is 12.4. The van der Waals surface area contributed by atoms with Crippen molar-refractivity contribution in [2.24, 2.45) is 0 Å². The van der Waals surface area contributed by atoms with Gasteiger partial charge >= 0.3 is 12.1 Å². The largest absolute Gasteiger partial charge is 0.480 e.